The van der Waals surface area contributed by atoms with Crippen molar-refractivity contribution in [1.29, 1.82) is 0 Å². The molecule has 4 heteroatoms. The first kappa shape index (κ1) is 14.3. The monoisotopic (exact) mass is 289 g/mol. The molecule has 2 aliphatic rings. The molecular weight excluding hydrogens is 269 g/mol. The lowest BCUT2D eigenvalue weighted by Crippen LogP contribution is -2.33. The van der Waals surface area contributed by atoms with Gasteiger partial charge >= 0.3 is 5.97 Å². The van der Waals surface area contributed by atoms with Gasteiger partial charge in [0.2, 0.25) is 0 Å². The van der Waals surface area contributed by atoms with Crippen LogP contribution >= 0.6 is 0 Å². The van der Waals surface area contributed by atoms with E-state index >= 15 is 0 Å². The number of carbonyl (C=O) groups excluding carboxylic acids is 1. The van der Waals surface area contributed by atoms with E-state index in [0.29, 0.717) is 6.61 Å². The first-order valence-electron chi connectivity index (χ1n) is 7.50. The Labute approximate surface area is 124 Å². The molecule has 0 saturated carbocycles. The summed E-state index contributed by atoms with van der Waals surface area (Å²) in [5, 5.41) is 0. The van der Waals surface area contributed by atoms with Gasteiger partial charge in [-0.1, -0.05) is 23.8 Å². The summed E-state index contributed by atoms with van der Waals surface area (Å²) in [4.78, 5) is 14.0. The highest BCUT2D eigenvalue weighted by molar-refractivity contribution is 5.77. The predicted molar refractivity (Wildman–Crippen MR) is 78.2 cm³/mol. The summed E-state index contributed by atoms with van der Waals surface area (Å²) in [6.45, 7) is 4.44. The molecule has 2 atom stereocenters. The minimum Gasteiger partial charge on any atom is -0.465 e. The summed E-state index contributed by atoms with van der Waals surface area (Å²) in [5.41, 5.74) is 2.34. The van der Waals surface area contributed by atoms with E-state index in [1.54, 1.807) is 0 Å². The van der Waals surface area contributed by atoms with E-state index in [1.807, 2.05) is 12.1 Å². The number of ether oxygens (including phenoxy) is 1. The molecule has 0 aliphatic carbocycles. The molecule has 0 bridgehead atoms. The zero-order valence-corrected chi connectivity index (χ0v) is 12.2. The molecule has 0 spiro atoms. The van der Waals surface area contributed by atoms with Crippen molar-refractivity contribution in [1.82, 2.24) is 4.90 Å². The Hall–Kier alpha value is -1.68. The van der Waals surface area contributed by atoms with Gasteiger partial charge < -0.3 is 4.74 Å². The van der Waals surface area contributed by atoms with Crippen molar-refractivity contribution in [3.63, 3.8) is 0 Å². The van der Waals surface area contributed by atoms with Crippen LogP contribution in [0, 0.1) is 11.7 Å². The number of esters is 1. The summed E-state index contributed by atoms with van der Waals surface area (Å²) < 4.78 is 18.0. The molecule has 2 heterocycles. The Morgan fingerprint density at radius 2 is 2.10 bits per heavy atom. The summed E-state index contributed by atoms with van der Waals surface area (Å²) in [6, 6.07) is 6.94. The minimum atomic E-state index is -0.202. The molecule has 2 aliphatic heterocycles. The lowest BCUT2D eigenvalue weighted by Gasteiger charge is -2.33. The highest BCUT2D eigenvalue weighted by Gasteiger charge is 2.31. The second-order valence-corrected chi connectivity index (χ2v) is 5.76. The number of rotatable bonds is 3. The van der Waals surface area contributed by atoms with Gasteiger partial charge in [0.1, 0.15) is 5.82 Å². The second-order valence-electron chi connectivity index (χ2n) is 5.76. The smallest absolute Gasteiger partial charge is 0.313 e. The number of halogens is 1. The van der Waals surface area contributed by atoms with Gasteiger partial charge in [-0.3, -0.25) is 9.69 Å². The largest absolute Gasteiger partial charge is 0.465 e. The van der Waals surface area contributed by atoms with Crippen LogP contribution in [-0.4, -0.2) is 30.6 Å². The molecular formula is C17H20FNO2. The third kappa shape index (κ3) is 3.00. The molecule has 1 saturated heterocycles. The van der Waals surface area contributed by atoms with Crippen molar-refractivity contribution < 1.29 is 13.9 Å². The van der Waals surface area contributed by atoms with Crippen LogP contribution in [0.1, 0.15) is 31.4 Å². The van der Waals surface area contributed by atoms with Crippen molar-refractivity contribution in [3.05, 3.63) is 47.3 Å². The van der Waals surface area contributed by atoms with Gasteiger partial charge in [-0.15, -0.1) is 0 Å². The molecule has 1 aromatic rings. The third-order valence-electron chi connectivity index (χ3n) is 4.56. The Bertz CT molecular complexity index is 552. The van der Waals surface area contributed by atoms with E-state index in [2.05, 4.69) is 17.9 Å². The number of benzene rings is 1. The fraction of sp³-hybridized carbons (Fsp3) is 0.471. The van der Waals surface area contributed by atoms with Crippen LogP contribution in [-0.2, 0) is 9.53 Å². The van der Waals surface area contributed by atoms with Crippen molar-refractivity contribution in [2.75, 3.05) is 19.7 Å². The quantitative estimate of drug-likeness (QED) is 0.632. The highest BCUT2D eigenvalue weighted by Crippen LogP contribution is 2.30. The van der Waals surface area contributed by atoms with Gasteiger partial charge in [0.05, 0.1) is 12.5 Å². The minimum absolute atomic E-state index is 0.0201. The van der Waals surface area contributed by atoms with Crippen LogP contribution in [0.15, 0.2) is 35.9 Å². The lowest BCUT2D eigenvalue weighted by molar-refractivity contribution is -0.140. The van der Waals surface area contributed by atoms with Crippen molar-refractivity contribution >= 4 is 5.97 Å². The topological polar surface area (TPSA) is 29.5 Å². The number of cyclic esters (lactones) is 1. The normalized spacial score (nSPS) is 24.6. The zero-order valence-electron chi connectivity index (χ0n) is 12.2. The van der Waals surface area contributed by atoms with Crippen LogP contribution in [0.2, 0.25) is 0 Å². The predicted octanol–water partition coefficient (Wildman–Crippen LogP) is 3.08. The fourth-order valence-corrected chi connectivity index (χ4v) is 3.15. The molecule has 0 amide bonds. The first-order chi connectivity index (χ1) is 10.1. The van der Waals surface area contributed by atoms with Crippen LogP contribution in [0.25, 0.3) is 0 Å². The Balaban J connectivity index is 1.65. The van der Waals surface area contributed by atoms with Crippen LogP contribution < -0.4 is 0 Å². The summed E-state index contributed by atoms with van der Waals surface area (Å²) in [6.07, 6.45) is 3.89. The average Bonchev–Trinajstić information content (AvgIpc) is 2.94. The standard InChI is InChI=1S/C17H20FNO2/c1-12(13-2-4-15(18)5-3-13)19-9-6-14(7-10-19)16-8-11-21-17(16)20/h2-6,12,16H,7-11H2,1H3. The van der Waals surface area contributed by atoms with Crippen LogP contribution in [0.4, 0.5) is 4.39 Å². The van der Waals surface area contributed by atoms with Gasteiger partial charge in [0.15, 0.2) is 0 Å². The van der Waals surface area contributed by atoms with Crippen LogP contribution in [0.5, 0.6) is 0 Å². The molecule has 3 rings (SSSR count). The van der Waals surface area contributed by atoms with E-state index in [0.717, 1.165) is 31.5 Å². The van der Waals surface area contributed by atoms with E-state index in [-0.39, 0.29) is 23.7 Å². The number of nitrogens with zero attached hydrogens (tertiary/aromatic N) is 1. The van der Waals surface area contributed by atoms with E-state index in [4.69, 9.17) is 4.74 Å². The fourth-order valence-electron chi connectivity index (χ4n) is 3.15. The number of carbonyl (C=O) groups is 1. The SMILES string of the molecule is CC(c1ccc(F)cc1)N1CC=C(C2CCOC2=O)CC1. The molecule has 2 unspecified atom stereocenters. The lowest BCUT2D eigenvalue weighted by atomic mass is 9.91. The Kier molecular flexibility index (Phi) is 4.06. The van der Waals surface area contributed by atoms with Crippen LogP contribution in [0.3, 0.4) is 0 Å². The Morgan fingerprint density at radius 3 is 2.67 bits per heavy atom. The van der Waals surface area contributed by atoms with Gasteiger partial charge in [0.25, 0.3) is 0 Å². The van der Waals surface area contributed by atoms with Gasteiger partial charge in [-0.05, 0) is 37.5 Å². The first-order valence-corrected chi connectivity index (χ1v) is 7.50. The van der Waals surface area contributed by atoms with Crippen molar-refractivity contribution in [2.45, 2.75) is 25.8 Å². The van der Waals surface area contributed by atoms with Crippen molar-refractivity contribution in [3.8, 4) is 0 Å². The molecule has 0 N–H and O–H groups in total. The zero-order chi connectivity index (χ0) is 14.8. The molecule has 3 nitrogen and oxygen atoms in total. The maximum atomic E-state index is 13.0. The maximum Gasteiger partial charge on any atom is 0.313 e. The number of hydrogen-bond acceptors (Lipinski definition) is 3. The summed E-state index contributed by atoms with van der Waals surface area (Å²) in [5.74, 6) is -0.291. The highest BCUT2D eigenvalue weighted by atomic mass is 19.1. The molecule has 1 fully saturated rings. The van der Waals surface area contributed by atoms with E-state index in [1.165, 1.54) is 17.7 Å². The molecule has 1 aromatic carbocycles. The molecule has 21 heavy (non-hydrogen) atoms. The summed E-state index contributed by atoms with van der Waals surface area (Å²) >= 11 is 0. The third-order valence-corrected chi connectivity index (χ3v) is 4.56. The van der Waals surface area contributed by atoms with E-state index < -0.39 is 0 Å². The molecule has 0 radical (unpaired) electrons. The summed E-state index contributed by atoms with van der Waals surface area (Å²) in [7, 11) is 0. The Morgan fingerprint density at radius 1 is 1.33 bits per heavy atom. The molecule has 112 valence electrons. The number of hydrogen-bond donors (Lipinski definition) is 0. The van der Waals surface area contributed by atoms with Gasteiger partial charge in [-0.25, -0.2) is 4.39 Å². The maximum absolute atomic E-state index is 13.0. The van der Waals surface area contributed by atoms with E-state index in [9.17, 15) is 9.18 Å². The van der Waals surface area contributed by atoms with Gasteiger partial charge in [-0.2, -0.15) is 0 Å². The second kappa shape index (κ2) is 5.98. The van der Waals surface area contributed by atoms with Gasteiger partial charge in [0, 0.05) is 19.1 Å². The average molecular weight is 289 g/mol. The molecule has 0 aromatic heterocycles. The van der Waals surface area contributed by atoms with Crippen molar-refractivity contribution in [2.24, 2.45) is 5.92 Å².